The highest BCUT2D eigenvalue weighted by Gasteiger charge is 2.21. The molecule has 27 heavy (non-hydrogen) atoms. The van der Waals surface area contributed by atoms with Crippen molar-refractivity contribution in [3.8, 4) is 0 Å². The molecule has 7 heteroatoms. The lowest BCUT2D eigenvalue weighted by atomic mass is 10.2. The van der Waals surface area contributed by atoms with Crippen LogP contribution in [0, 0.1) is 0 Å². The van der Waals surface area contributed by atoms with Crippen LogP contribution in [0.3, 0.4) is 0 Å². The van der Waals surface area contributed by atoms with Gasteiger partial charge in [0.2, 0.25) is 5.95 Å². The molecule has 2 aromatic heterocycles. The number of carbonyl (C=O) groups excluding carboxylic acids is 1. The van der Waals surface area contributed by atoms with Gasteiger partial charge in [-0.25, -0.2) is 15.0 Å². The van der Waals surface area contributed by atoms with Crippen LogP contribution in [0.2, 0.25) is 0 Å². The molecule has 0 aromatic carbocycles. The molecule has 2 saturated heterocycles. The van der Waals surface area contributed by atoms with Gasteiger partial charge in [-0.2, -0.15) is 0 Å². The van der Waals surface area contributed by atoms with E-state index in [0.717, 1.165) is 63.7 Å². The highest BCUT2D eigenvalue weighted by Crippen LogP contribution is 2.19. The number of nitrogens with zero attached hydrogens (tertiary/aromatic N) is 6. The lowest BCUT2D eigenvalue weighted by Crippen LogP contribution is -2.47. The summed E-state index contributed by atoms with van der Waals surface area (Å²) in [6.45, 7) is 5.23. The van der Waals surface area contributed by atoms with Gasteiger partial charge in [0.1, 0.15) is 5.69 Å². The standard InChI is InChI=1S/C20H26N6O/c27-19(25-10-3-1-2-4-11-25)18-7-6-17(16-23-18)24-12-14-26(15-13-24)20-21-8-5-9-22-20/h5-9,16H,1-4,10-15H2. The fraction of sp³-hybridized carbons (Fsp3) is 0.500. The first-order valence-electron chi connectivity index (χ1n) is 9.83. The van der Waals surface area contributed by atoms with Crippen molar-refractivity contribution in [3.05, 3.63) is 42.5 Å². The number of likely N-dealkylation sites (tertiary alicyclic amines) is 1. The maximum atomic E-state index is 12.7. The van der Waals surface area contributed by atoms with Crippen molar-refractivity contribution in [3.63, 3.8) is 0 Å². The third-order valence-electron chi connectivity index (χ3n) is 5.34. The Labute approximate surface area is 160 Å². The van der Waals surface area contributed by atoms with Gasteiger partial charge in [-0.3, -0.25) is 4.79 Å². The van der Waals surface area contributed by atoms with Gasteiger partial charge < -0.3 is 14.7 Å². The number of piperazine rings is 1. The van der Waals surface area contributed by atoms with Crippen molar-refractivity contribution in [2.75, 3.05) is 49.1 Å². The number of amides is 1. The molecule has 0 saturated carbocycles. The molecule has 0 spiro atoms. The van der Waals surface area contributed by atoms with Gasteiger partial charge in [0, 0.05) is 51.7 Å². The molecule has 0 aliphatic carbocycles. The van der Waals surface area contributed by atoms with Crippen molar-refractivity contribution in [2.24, 2.45) is 0 Å². The minimum absolute atomic E-state index is 0.0643. The Bertz CT molecular complexity index is 735. The summed E-state index contributed by atoms with van der Waals surface area (Å²) in [5.41, 5.74) is 1.62. The van der Waals surface area contributed by atoms with E-state index in [0.29, 0.717) is 5.69 Å². The molecule has 1 amide bonds. The first kappa shape index (κ1) is 17.7. The Morgan fingerprint density at radius 1 is 0.778 bits per heavy atom. The summed E-state index contributed by atoms with van der Waals surface area (Å²) in [4.78, 5) is 32.2. The second kappa shape index (κ2) is 8.33. The van der Waals surface area contributed by atoms with Crippen molar-refractivity contribution >= 4 is 17.5 Å². The summed E-state index contributed by atoms with van der Waals surface area (Å²) in [6.07, 6.45) is 10.0. The van der Waals surface area contributed by atoms with E-state index in [1.165, 1.54) is 12.8 Å². The summed E-state index contributed by atoms with van der Waals surface area (Å²) in [6, 6.07) is 5.72. The molecule has 2 aliphatic rings. The molecule has 2 fully saturated rings. The van der Waals surface area contributed by atoms with Crippen LogP contribution < -0.4 is 9.80 Å². The number of hydrogen-bond acceptors (Lipinski definition) is 6. The summed E-state index contributed by atoms with van der Waals surface area (Å²) < 4.78 is 0. The average molecular weight is 366 g/mol. The lowest BCUT2D eigenvalue weighted by Gasteiger charge is -2.35. The maximum absolute atomic E-state index is 12.7. The van der Waals surface area contributed by atoms with Crippen LogP contribution >= 0.6 is 0 Å². The smallest absolute Gasteiger partial charge is 0.272 e. The molecule has 0 bridgehead atoms. The van der Waals surface area contributed by atoms with Crippen molar-refractivity contribution in [2.45, 2.75) is 25.7 Å². The van der Waals surface area contributed by atoms with E-state index in [1.807, 2.05) is 29.3 Å². The molecule has 142 valence electrons. The van der Waals surface area contributed by atoms with Gasteiger partial charge in [-0.15, -0.1) is 0 Å². The molecule has 0 unspecified atom stereocenters. The summed E-state index contributed by atoms with van der Waals surface area (Å²) in [5, 5.41) is 0. The molecular formula is C20H26N6O. The highest BCUT2D eigenvalue weighted by molar-refractivity contribution is 5.92. The summed E-state index contributed by atoms with van der Waals surface area (Å²) in [7, 11) is 0. The number of carbonyl (C=O) groups is 1. The third-order valence-corrected chi connectivity index (χ3v) is 5.34. The normalized spacial score (nSPS) is 18.3. The quantitative estimate of drug-likeness (QED) is 0.830. The monoisotopic (exact) mass is 366 g/mol. The zero-order valence-electron chi connectivity index (χ0n) is 15.6. The lowest BCUT2D eigenvalue weighted by molar-refractivity contribution is 0.0756. The van der Waals surface area contributed by atoms with E-state index >= 15 is 0 Å². The van der Waals surface area contributed by atoms with E-state index in [1.54, 1.807) is 12.4 Å². The van der Waals surface area contributed by atoms with Crippen LogP contribution in [0.1, 0.15) is 36.2 Å². The van der Waals surface area contributed by atoms with Gasteiger partial charge in [0.25, 0.3) is 5.91 Å². The molecule has 0 N–H and O–H groups in total. The van der Waals surface area contributed by atoms with Crippen LogP contribution in [0.25, 0.3) is 0 Å². The fourth-order valence-electron chi connectivity index (χ4n) is 3.75. The predicted molar refractivity (Wildman–Crippen MR) is 105 cm³/mol. The fourth-order valence-corrected chi connectivity index (χ4v) is 3.75. The summed E-state index contributed by atoms with van der Waals surface area (Å²) >= 11 is 0. The van der Waals surface area contributed by atoms with E-state index in [9.17, 15) is 4.79 Å². The molecular weight excluding hydrogens is 340 g/mol. The second-order valence-electron chi connectivity index (χ2n) is 7.13. The van der Waals surface area contributed by atoms with Gasteiger partial charge in [-0.05, 0) is 31.0 Å². The Morgan fingerprint density at radius 3 is 2.07 bits per heavy atom. The topological polar surface area (TPSA) is 65.5 Å². The summed E-state index contributed by atoms with van der Waals surface area (Å²) in [5.74, 6) is 0.850. The van der Waals surface area contributed by atoms with Gasteiger partial charge in [0.15, 0.2) is 0 Å². The Morgan fingerprint density at radius 2 is 1.44 bits per heavy atom. The Balaban J connectivity index is 1.36. The van der Waals surface area contributed by atoms with E-state index in [2.05, 4.69) is 24.8 Å². The van der Waals surface area contributed by atoms with Crippen LogP contribution in [-0.2, 0) is 0 Å². The van der Waals surface area contributed by atoms with Gasteiger partial charge in [0.05, 0.1) is 11.9 Å². The number of pyridine rings is 1. The first-order valence-corrected chi connectivity index (χ1v) is 9.83. The maximum Gasteiger partial charge on any atom is 0.272 e. The van der Waals surface area contributed by atoms with Crippen LogP contribution in [0.4, 0.5) is 11.6 Å². The number of hydrogen-bond donors (Lipinski definition) is 0. The number of rotatable bonds is 3. The minimum Gasteiger partial charge on any atom is -0.367 e. The third kappa shape index (κ3) is 4.18. The molecule has 2 aromatic rings. The van der Waals surface area contributed by atoms with Crippen LogP contribution in [0.5, 0.6) is 0 Å². The number of aromatic nitrogens is 3. The zero-order valence-corrected chi connectivity index (χ0v) is 15.6. The van der Waals surface area contributed by atoms with Gasteiger partial charge in [-0.1, -0.05) is 12.8 Å². The Hall–Kier alpha value is -2.70. The SMILES string of the molecule is O=C(c1ccc(N2CCN(c3ncccn3)CC2)cn1)N1CCCCCC1. The molecule has 0 atom stereocenters. The first-order chi connectivity index (χ1) is 13.3. The average Bonchev–Trinajstić information content (AvgIpc) is 3.04. The predicted octanol–water partition coefficient (Wildman–Crippen LogP) is 2.21. The van der Waals surface area contributed by atoms with Crippen LogP contribution in [-0.4, -0.2) is 65.0 Å². The molecule has 2 aliphatic heterocycles. The molecule has 0 radical (unpaired) electrons. The molecule has 7 nitrogen and oxygen atoms in total. The van der Waals surface area contributed by atoms with Crippen molar-refractivity contribution in [1.82, 2.24) is 19.9 Å². The van der Waals surface area contributed by atoms with Crippen molar-refractivity contribution < 1.29 is 4.79 Å². The molecule has 4 heterocycles. The van der Waals surface area contributed by atoms with Crippen LogP contribution in [0.15, 0.2) is 36.8 Å². The Kier molecular flexibility index (Phi) is 5.46. The van der Waals surface area contributed by atoms with E-state index in [-0.39, 0.29) is 5.91 Å². The highest BCUT2D eigenvalue weighted by atomic mass is 16.2. The van der Waals surface area contributed by atoms with E-state index < -0.39 is 0 Å². The second-order valence-corrected chi connectivity index (χ2v) is 7.13. The van der Waals surface area contributed by atoms with Crippen molar-refractivity contribution in [1.29, 1.82) is 0 Å². The minimum atomic E-state index is 0.0643. The molecule has 4 rings (SSSR count). The number of anilines is 2. The zero-order chi connectivity index (χ0) is 18.5. The largest absolute Gasteiger partial charge is 0.367 e. The van der Waals surface area contributed by atoms with E-state index in [4.69, 9.17) is 0 Å². The van der Waals surface area contributed by atoms with Gasteiger partial charge >= 0.3 is 0 Å².